The first-order chi connectivity index (χ1) is 7.00. The number of anilines is 1. The molecular weight excluding hydrogens is 251 g/mol. The van der Waals surface area contributed by atoms with Crippen molar-refractivity contribution < 1.29 is 0 Å². The van der Waals surface area contributed by atoms with E-state index >= 15 is 0 Å². The molecule has 1 aromatic rings. The van der Waals surface area contributed by atoms with Crippen LogP contribution in [0.2, 0.25) is 10.0 Å². The van der Waals surface area contributed by atoms with Crippen molar-refractivity contribution in [1.82, 2.24) is 5.32 Å². The summed E-state index contributed by atoms with van der Waals surface area (Å²) in [6.45, 7) is 4.00. The Hall–Kier alpha value is -0.510. The first-order valence-electron chi connectivity index (χ1n) is 4.52. The quantitative estimate of drug-likeness (QED) is 0.796. The van der Waals surface area contributed by atoms with Gasteiger partial charge in [-0.3, -0.25) is 0 Å². The van der Waals surface area contributed by atoms with Crippen molar-refractivity contribution in [3.63, 3.8) is 0 Å². The summed E-state index contributed by atoms with van der Waals surface area (Å²) in [6.07, 6.45) is 0. The van der Waals surface area contributed by atoms with Crippen LogP contribution < -0.4 is 10.6 Å². The lowest BCUT2D eigenvalue weighted by molar-refractivity contribution is 0.739. The highest BCUT2D eigenvalue weighted by Crippen LogP contribution is 2.29. The molecule has 0 amide bonds. The zero-order valence-corrected chi connectivity index (χ0v) is 10.8. The third-order valence-electron chi connectivity index (χ3n) is 1.62. The van der Waals surface area contributed by atoms with Gasteiger partial charge in [0.2, 0.25) is 0 Å². The van der Waals surface area contributed by atoms with E-state index in [1.807, 2.05) is 13.8 Å². The van der Waals surface area contributed by atoms with Gasteiger partial charge in [0.1, 0.15) is 0 Å². The lowest BCUT2D eigenvalue weighted by atomic mass is 10.3. The minimum absolute atomic E-state index is 0.270. The fraction of sp³-hybridized carbons (Fsp3) is 0.300. The van der Waals surface area contributed by atoms with Gasteiger partial charge in [0.15, 0.2) is 5.11 Å². The molecule has 0 saturated carbocycles. The molecule has 0 spiro atoms. The summed E-state index contributed by atoms with van der Waals surface area (Å²) in [5, 5.41) is 7.63. The lowest BCUT2D eigenvalue weighted by Crippen LogP contribution is -2.34. The zero-order chi connectivity index (χ0) is 11.4. The molecule has 0 unspecified atom stereocenters. The first kappa shape index (κ1) is 12.6. The van der Waals surface area contributed by atoms with Crippen LogP contribution >= 0.6 is 35.4 Å². The van der Waals surface area contributed by atoms with Crippen molar-refractivity contribution in [2.75, 3.05) is 5.32 Å². The molecule has 2 N–H and O–H groups in total. The van der Waals surface area contributed by atoms with Crippen LogP contribution in [0.3, 0.4) is 0 Å². The monoisotopic (exact) mass is 262 g/mol. The van der Waals surface area contributed by atoms with Gasteiger partial charge < -0.3 is 10.6 Å². The second-order valence-electron chi connectivity index (χ2n) is 3.35. The van der Waals surface area contributed by atoms with E-state index in [1.165, 1.54) is 0 Å². The summed E-state index contributed by atoms with van der Waals surface area (Å²) >= 11 is 17.0. The molecule has 0 aliphatic heterocycles. The lowest BCUT2D eigenvalue weighted by Gasteiger charge is -2.14. The average molecular weight is 263 g/mol. The minimum atomic E-state index is 0.270. The smallest absolute Gasteiger partial charge is 0.171 e. The third-order valence-corrected chi connectivity index (χ3v) is 2.47. The molecule has 0 aliphatic carbocycles. The molecule has 2 nitrogen and oxygen atoms in total. The maximum Gasteiger partial charge on any atom is 0.171 e. The molecule has 0 atom stereocenters. The van der Waals surface area contributed by atoms with Gasteiger partial charge in [-0.15, -0.1) is 0 Å². The molecule has 0 heterocycles. The van der Waals surface area contributed by atoms with E-state index in [1.54, 1.807) is 18.2 Å². The summed E-state index contributed by atoms with van der Waals surface area (Å²) < 4.78 is 0. The van der Waals surface area contributed by atoms with Crippen LogP contribution in [0.5, 0.6) is 0 Å². The normalized spacial score (nSPS) is 10.2. The summed E-state index contributed by atoms with van der Waals surface area (Å²) in [5.74, 6) is 0. The van der Waals surface area contributed by atoms with Gasteiger partial charge in [0.05, 0.1) is 15.7 Å². The van der Waals surface area contributed by atoms with Crippen LogP contribution in [0.1, 0.15) is 13.8 Å². The van der Waals surface area contributed by atoms with Crippen molar-refractivity contribution in [2.24, 2.45) is 0 Å². The number of rotatable bonds is 2. The largest absolute Gasteiger partial charge is 0.360 e. The average Bonchev–Trinajstić information content (AvgIpc) is 2.10. The molecule has 0 bridgehead atoms. The van der Waals surface area contributed by atoms with E-state index in [4.69, 9.17) is 35.4 Å². The van der Waals surface area contributed by atoms with Crippen molar-refractivity contribution in [3.05, 3.63) is 28.2 Å². The van der Waals surface area contributed by atoms with Crippen LogP contribution in [0.4, 0.5) is 5.69 Å². The van der Waals surface area contributed by atoms with Crippen molar-refractivity contribution in [2.45, 2.75) is 19.9 Å². The van der Waals surface area contributed by atoms with E-state index in [0.29, 0.717) is 20.8 Å². The second kappa shape index (κ2) is 5.54. The minimum Gasteiger partial charge on any atom is -0.360 e. The number of hydrogen-bond acceptors (Lipinski definition) is 1. The molecule has 1 rings (SSSR count). The van der Waals surface area contributed by atoms with Gasteiger partial charge in [-0.1, -0.05) is 29.3 Å². The molecule has 15 heavy (non-hydrogen) atoms. The molecule has 82 valence electrons. The zero-order valence-electron chi connectivity index (χ0n) is 8.47. The number of para-hydroxylation sites is 1. The Balaban J connectivity index is 2.76. The van der Waals surface area contributed by atoms with Gasteiger partial charge in [-0.05, 0) is 38.2 Å². The fourth-order valence-corrected chi connectivity index (χ4v) is 1.86. The number of hydrogen-bond donors (Lipinski definition) is 2. The van der Waals surface area contributed by atoms with Crippen LogP contribution in [0, 0.1) is 0 Å². The van der Waals surface area contributed by atoms with Crippen molar-refractivity contribution in [1.29, 1.82) is 0 Å². The Kier molecular flexibility index (Phi) is 4.64. The number of nitrogens with one attached hydrogen (secondary N) is 2. The second-order valence-corrected chi connectivity index (χ2v) is 4.57. The molecule has 0 aliphatic rings. The highest BCUT2D eigenvalue weighted by atomic mass is 35.5. The van der Waals surface area contributed by atoms with Crippen LogP contribution in [-0.2, 0) is 0 Å². The fourth-order valence-electron chi connectivity index (χ4n) is 1.03. The van der Waals surface area contributed by atoms with Gasteiger partial charge >= 0.3 is 0 Å². The van der Waals surface area contributed by atoms with E-state index in [2.05, 4.69) is 10.6 Å². The third kappa shape index (κ3) is 3.86. The van der Waals surface area contributed by atoms with E-state index in [9.17, 15) is 0 Å². The van der Waals surface area contributed by atoms with Gasteiger partial charge in [0.25, 0.3) is 0 Å². The maximum atomic E-state index is 5.98. The molecule has 5 heteroatoms. The Morgan fingerprint density at radius 3 is 2.27 bits per heavy atom. The summed E-state index contributed by atoms with van der Waals surface area (Å²) in [4.78, 5) is 0. The number of thiocarbonyl (C=S) groups is 1. The topological polar surface area (TPSA) is 24.1 Å². The predicted molar refractivity (Wildman–Crippen MR) is 71.0 cm³/mol. The first-order valence-corrected chi connectivity index (χ1v) is 5.68. The predicted octanol–water partition coefficient (Wildman–Crippen LogP) is 3.69. The summed E-state index contributed by atoms with van der Waals surface area (Å²) in [7, 11) is 0. The summed E-state index contributed by atoms with van der Waals surface area (Å²) in [5.41, 5.74) is 0.638. The number of halogens is 2. The molecule has 0 aromatic heterocycles. The Morgan fingerprint density at radius 1 is 1.27 bits per heavy atom. The van der Waals surface area contributed by atoms with Crippen LogP contribution in [0.25, 0.3) is 0 Å². The molecule has 0 radical (unpaired) electrons. The van der Waals surface area contributed by atoms with E-state index < -0.39 is 0 Å². The van der Waals surface area contributed by atoms with Crippen molar-refractivity contribution >= 4 is 46.2 Å². The Morgan fingerprint density at radius 2 is 1.80 bits per heavy atom. The van der Waals surface area contributed by atoms with Gasteiger partial charge in [-0.2, -0.15) is 0 Å². The van der Waals surface area contributed by atoms with Gasteiger partial charge in [-0.25, -0.2) is 0 Å². The molecule has 0 fully saturated rings. The van der Waals surface area contributed by atoms with Crippen molar-refractivity contribution in [3.8, 4) is 0 Å². The van der Waals surface area contributed by atoms with E-state index in [-0.39, 0.29) is 6.04 Å². The molecular formula is C10H12Cl2N2S. The highest BCUT2D eigenvalue weighted by Gasteiger charge is 2.07. The standard InChI is InChI=1S/C10H12Cl2N2S/c1-6(2)13-10(15)14-9-7(11)4-3-5-8(9)12/h3-6H,1-2H3,(H2,13,14,15). The van der Waals surface area contributed by atoms with E-state index in [0.717, 1.165) is 0 Å². The summed E-state index contributed by atoms with van der Waals surface area (Å²) in [6, 6.07) is 5.57. The maximum absolute atomic E-state index is 5.98. The Bertz CT molecular complexity index is 346. The van der Waals surface area contributed by atoms with Gasteiger partial charge in [0, 0.05) is 6.04 Å². The molecule has 0 saturated heterocycles. The van der Waals surface area contributed by atoms with Crippen LogP contribution in [-0.4, -0.2) is 11.2 Å². The van der Waals surface area contributed by atoms with Crippen LogP contribution in [0.15, 0.2) is 18.2 Å². The SMILES string of the molecule is CC(C)NC(=S)Nc1c(Cl)cccc1Cl. The molecule has 1 aromatic carbocycles. The number of benzene rings is 1. The Labute approximate surface area is 105 Å². The highest BCUT2D eigenvalue weighted by molar-refractivity contribution is 7.80.